The lowest BCUT2D eigenvalue weighted by Gasteiger charge is -2.03. The van der Waals surface area contributed by atoms with E-state index in [2.05, 4.69) is 23.8 Å². The molecule has 1 heterocycles. The largest absolute Gasteiger partial charge is 0.295 e. The summed E-state index contributed by atoms with van der Waals surface area (Å²) < 4.78 is 1.48. The molecule has 0 saturated carbocycles. The maximum Gasteiger partial charge on any atom is 0.271 e. The molecule has 0 aliphatic rings. The highest BCUT2D eigenvalue weighted by molar-refractivity contribution is 5.68. The Morgan fingerprint density at radius 3 is 2.50 bits per heavy atom. The Balaban J connectivity index is 2.35. The molecular weight excluding hydrogens is 248 g/mol. The summed E-state index contributed by atoms with van der Waals surface area (Å²) in [7, 11) is 0. The zero-order valence-corrected chi connectivity index (χ0v) is 11.8. The number of aryl methyl sites for hydroxylation is 1. The Hall–Kier alpha value is -2.55. The lowest BCUT2D eigenvalue weighted by atomic mass is 10.1. The highest BCUT2D eigenvalue weighted by Crippen LogP contribution is 2.14. The van der Waals surface area contributed by atoms with Gasteiger partial charge in [0.2, 0.25) is 0 Å². The Labute approximate surface area is 118 Å². The van der Waals surface area contributed by atoms with Crippen LogP contribution in [0.15, 0.2) is 66.0 Å². The van der Waals surface area contributed by atoms with Crippen molar-refractivity contribution in [3.05, 3.63) is 82.8 Å². The molecule has 1 aromatic heterocycles. The average molecular weight is 266 g/mol. The van der Waals surface area contributed by atoms with Crippen LogP contribution in [0.25, 0.3) is 11.3 Å². The van der Waals surface area contributed by atoms with Crippen molar-refractivity contribution in [3.63, 3.8) is 0 Å². The van der Waals surface area contributed by atoms with Gasteiger partial charge in [-0.25, -0.2) is 4.68 Å². The molecule has 0 spiro atoms. The molecule has 102 valence electrons. The maximum absolute atomic E-state index is 11.8. The molecule has 0 atom stereocenters. The van der Waals surface area contributed by atoms with Gasteiger partial charge in [-0.1, -0.05) is 43.0 Å². The van der Waals surface area contributed by atoms with Crippen LogP contribution in [0.3, 0.4) is 0 Å². The lowest BCUT2D eigenvalue weighted by molar-refractivity contribution is 0.862. The third-order valence-electron chi connectivity index (χ3n) is 3.05. The summed E-state index contributed by atoms with van der Waals surface area (Å²) in [6.07, 6.45) is 5.52. The van der Waals surface area contributed by atoms with Crippen LogP contribution in [-0.4, -0.2) is 9.78 Å². The van der Waals surface area contributed by atoms with E-state index in [9.17, 15) is 4.79 Å². The third-order valence-corrected chi connectivity index (χ3v) is 3.05. The van der Waals surface area contributed by atoms with Gasteiger partial charge >= 0.3 is 0 Å². The van der Waals surface area contributed by atoms with Crippen molar-refractivity contribution in [1.82, 2.24) is 9.78 Å². The fraction of sp³-hybridized carbons (Fsp3) is 0.118. The van der Waals surface area contributed by atoms with E-state index in [1.807, 2.05) is 44.2 Å². The minimum Gasteiger partial charge on any atom is -0.295 e. The van der Waals surface area contributed by atoms with Crippen molar-refractivity contribution < 1.29 is 0 Å². The molecule has 3 heteroatoms. The van der Waals surface area contributed by atoms with Crippen molar-refractivity contribution in [3.8, 4) is 0 Å². The van der Waals surface area contributed by atoms with Gasteiger partial charge < -0.3 is 0 Å². The number of nitrogens with zero attached hydrogens (tertiary/aromatic N) is 1. The first-order valence-corrected chi connectivity index (χ1v) is 6.47. The molecule has 2 aromatic rings. The van der Waals surface area contributed by atoms with E-state index >= 15 is 0 Å². The smallest absolute Gasteiger partial charge is 0.271 e. The molecule has 0 saturated heterocycles. The minimum atomic E-state index is -0.0839. The van der Waals surface area contributed by atoms with Crippen molar-refractivity contribution in [2.75, 3.05) is 0 Å². The van der Waals surface area contributed by atoms with Gasteiger partial charge in [-0.3, -0.25) is 9.89 Å². The molecule has 2 rings (SSSR count). The van der Waals surface area contributed by atoms with Crippen LogP contribution in [0, 0.1) is 6.92 Å². The molecule has 0 bridgehead atoms. The van der Waals surface area contributed by atoms with E-state index in [-0.39, 0.29) is 5.56 Å². The number of aromatic amines is 1. The zero-order chi connectivity index (χ0) is 14.5. The molecule has 0 aliphatic heterocycles. The van der Waals surface area contributed by atoms with Crippen molar-refractivity contribution in [1.29, 1.82) is 0 Å². The molecule has 1 aromatic carbocycles. The number of hydrogen-bond acceptors (Lipinski definition) is 1. The molecule has 0 aliphatic carbocycles. The van der Waals surface area contributed by atoms with Gasteiger partial charge in [-0.15, -0.1) is 0 Å². The van der Waals surface area contributed by atoms with Gasteiger partial charge in [0.25, 0.3) is 5.56 Å². The molecular formula is C17H18N2O. The first kappa shape index (κ1) is 13.9. The van der Waals surface area contributed by atoms with Crippen LogP contribution in [0.1, 0.15) is 18.2 Å². The fourth-order valence-corrected chi connectivity index (χ4v) is 1.95. The monoisotopic (exact) mass is 266 g/mol. The van der Waals surface area contributed by atoms with Crippen molar-refractivity contribution >= 4 is 11.3 Å². The zero-order valence-electron chi connectivity index (χ0n) is 11.8. The Morgan fingerprint density at radius 1 is 1.25 bits per heavy atom. The van der Waals surface area contributed by atoms with Crippen molar-refractivity contribution in [2.24, 2.45) is 0 Å². The van der Waals surface area contributed by atoms with Crippen LogP contribution in [0.4, 0.5) is 0 Å². The molecule has 0 amide bonds. The van der Waals surface area contributed by atoms with Crippen LogP contribution < -0.4 is 5.56 Å². The van der Waals surface area contributed by atoms with Gasteiger partial charge in [0.05, 0.1) is 5.70 Å². The number of aromatic nitrogens is 2. The van der Waals surface area contributed by atoms with E-state index in [1.165, 1.54) is 4.68 Å². The Kier molecular flexibility index (Phi) is 4.20. The molecule has 1 N–H and O–H groups in total. The summed E-state index contributed by atoms with van der Waals surface area (Å²) in [4.78, 5) is 11.8. The Bertz CT molecular complexity index is 715. The molecule has 0 fully saturated rings. The summed E-state index contributed by atoms with van der Waals surface area (Å²) in [6, 6.07) is 11.7. The highest BCUT2D eigenvalue weighted by Gasteiger charge is 2.01. The standard InChI is InChI=1S/C17H18N2O/c1-4-16(19-17(20)12-14(3)18-19)11-10-13(2)15-8-6-5-7-9-15/h4-12,18H,1H2,2-3H3/b13-10+,16-11+. The third kappa shape index (κ3) is 3.06. The van der Waals surface area contributed by atoms with Gasteiger partial charge in [0.1, 0.15) is 0 Å². The summed E-state index contributed by atoms with van der Waals surface area (Å²) in [5, 5.41) is 2.99. The normalized spacial score (nSPS) is 12.5. The quantitative estimate of drug-likeness (QED) is 0.843. The average Bonchev–Trinajstić information content (AvgIpc) is 2.79. The first-order valence-electron chi connectivity index (χ1n) is 6.47. The summed E-state index contributed by atoms with van der Waals surface area (Å²) in [6.45, 7) is 7.65. The van der Waals surface area contributed by atoms with Gasteiger partial charge in [-0.2, -0.15) is 0 Å². The van der Waals surface area contributed by atoms with Crippen LogP contribution in [0.5, 0.6) is 0 Å². The molecule has 0 unspecified atom stereocenters. The van der Waals surface area contributed by atoms with E-state index in [0.29, 0.717) is 0 Å². The van der Waals surface area contributed by atoms with Crippen molar-refractivity contribution in [2.45, 2.75) is 13.8 Å². The summed E-state index contributed by atoms with van der Waals surface area (Å²) in [5.41, 5.74) is 3.74. The summed E-state index contributed by atoms with van der Waals surface area (Å²) in [5.74, 6) is 0. The Morgan fingerprint density at radius 2 is 1.95 bits per heavy atom. The van der Waals surface area contributed by atoms with Gasteiger partial charge in [-0.05, 0) is 37.1 Å². The van der Waals surface area contributed by atoms with E-state index < -0.39 is 0 Å². The second kappa shape index (κ2) is 6.06. The predicted molar refractivity (Wildman–Crippen MR) is 84.4 cm³/mol. The van der Waals surface area contributed by atoms with E-state index in [4.69, 9.17) is 0 Å². The van der Waals surface area contributed by atoms with Crippen LogP contribution in [-0.2, 0) is 0 Å². The minimum absolute atomic E-state index is 0.0839. The first-order chi connectivity index (χ1) is 9.61. The number of nitrogens with one attached hydrogen (secondary N) is 1. The summed E-state index contributed by atoms with van der Waals surface area (Å²) >= 11 is 0. The number of hydrogen-bond donors (Lipinski definition) is 1. The SMILES string of the molecule is C=C/C(=C\C=C(/C)c1ccccc1)n1[nH]c(C)cc1=O. The van der Waals surface area contributed by atoms with E-state index in [0.717, 1.165) is 22.5 Å². The predicted octanol–water partition coefficient (Wildman–Crippen LogP) is 3.62. The second-order valence-corrected chi connectivity index (χ2v) is 4.62. The number of benzene rings is 1. The lowest BCUT2D eigenvalue weighted by Crippen LogP contribution is -2.13. The van der Waals surface area contributed by atoms with E-state index in [1.54, 1.807) is 12.1 Å². The van der Waals surface area contributed by atoms with Crippen LogP contribution >= 0.6 is 0 Å². The number of H-pyrrole nitrogens is 1. The van der Waals surface area contributed by atoms with Crippen LogP contribution in [0.2, 0.25) is 0 Å². The number of allylic oxidation sites excluding steroid dienone is 5. The molecule has 20 heavy (non-hydrogen) atoms. The molecule has 3 nitrogen and oxygen atoms in total. The highest BCUT2D eigenvalue weighted by atomic mass is 16.1. The van der Waals surface area contributed by atoms with Gasteiger partial charge in [0, 0.05) is 11.8 Å². The maximum atomic E-state index is 11.8. The number of rotatable bonds is 4. The topological polar surface area (TPSA) is 37.8 Å². The fourth-order valence-electron chi connectivity index (χ4n) is 1.95. The molecule has 0 radical (unpaired) electrons. The van der Waals surface area contributed by atoms with Gasteiger partial charge in [0.15, 0.2) is 0 Å². The second-order valence-electron chi connectivity index (χ2n) is 4.62.